The van der Waals surface area contributed by atoms with Gasteiger partial charge in [-0.1, -0.05) is 0 Å². The van der Waals surface area contributed by atoms with Gasteiger partial charge < -0.3 is 10.2 Å². The van der Waals surface area contributed by atoms with Crippen LogP contribution in [0.15, 0.2) is 15.6 Å². The molecule has 7 nitrogen and oxygen atoms in total. The molecule has 2 aliphatic heterocycles. The van der Waals surface area contributed by atoms with E-state index >= 15 is 0 Å². The smallest absolute Gasteiger partial charge is 0.355 e. The Morgan fingerprint density at radius 1 is 1.38 bits per heavy atom. The Morgan fingerprint density at radius 2 is 2.10 bits per heavy atom. The Kier molecular flexibility index (Phi) is 5.67. The van der Waals surface area contributed by atoms with Crippen molar-refractivity contribution in [3.8, 4) is 12.3 Å². The lowest BCUT2D eigenvalue weighted by molar-refractivity contribution is -0.217. The lowest BCUT2D eigenvalue weighted by atomic mass is 9.85. The van der Waals surface area contributed by atoms with Crippen LogP contribution in [-0.4, -0.2) is 52.6 Å². The Bertz CT molecular complexity index is 870. The van der Waals surface area contributed by atoms with E-state index in [2.05, 4.69) is 25.8 Å². The van der Waals surface area contributed by atoms with Crippen LogP contribution in [0, 0.1) is 24.7 Å². The fourth-order valence-corrected chi connectivity index (χ4v) is 4.10. The minimum atomic E-state index is -4.79. The summed E-state index contributed by atoms with van der Waals surface area (Å²) in [5, 5.41) is 11.7. The van der Waals surface area contributed by atoms with E-state index in [1.807, 2.05) is 0 Å². The minimum absolute atomic E-state index is 0.00423. The predicted octanol–water partition coefficient (Wildman–Crippen LogP) is 2.93. The summed E-state index contributed by atoms with van der Waals surface area (Å²) in [6, 6.07) is 0. The van der Waals surface area contributed by atoms with E-state index in [9.17, 15) is 22.8 Å². The van der Waals surface area contributed by atoms with Crippen LogP contribution in [0.4, 0.5) is 13.2 Å². The topological polar surface area (TPSA) is 87.0 Å². The molecule has 1 saturated heterocycles. The van der Waals surface area contributed by atoms with E-state index < -0.39 is 42.0 Å². The third-order valence-electron chi connectivity index (χ3n) is 5.38. The summed E-state index contributed by atoms with van der Waals surface area (Å²) in [5.74, 6) is 0.793. The standard InChI is InChI=1S/C18H20F3N5O2S/c1-3-4-5-17(24-25-17)6-8-22-15(28)16(18(19,20)21)7-9-26(11-16)14(27)13-10-29-23-12(13)2/h1,10H,4-9,11H2,2H3,(H,22,28). The highest BCUT2D eigenvalue weighted by Gasteiger charge is 2.63. The van der Waals surface area contributed by atoms with Gasteiger partial charge in [0.2, 0.25) is 5.91 Å². The predicted molar refractivity (Wildman–Crippen MR) is 99.1 cm³/mol. The number of terminal acetylenes is 1. The van der Waals surface area contributed by atoms with Crippen molar-refractivity contribution in [2.75, 3.05) is 19.6 Å². The van der Waals surface area contributed by atoms with E-state index in [1.165, 1.54) is 5.38 Å². The maximum Gasteiger partial charge on any atom is 0.404 e. The molecule has 3 heterocycles. The molecule has 2 aliphatic rings. The van der Waals surface area contributed by atoms with Gasteiger partial charge in [-0.2, -0.15) is 27.8 Å². The van der Waals surface area contributed by atoms with Crippen molar-refractivity contribution in [3.05, 3.63) is 16.6 Å². The van der Waals surface area contributed by atoms with Crippen LogP contribution in [0.2, 0.25) is 0 Å². The van der Waals surface area contributed by atoms with Crippen LogP contribution >= 0.6 is 11.5 Å². The molecular weight excluding hydrogens is 407 g/mol. The van der Waals surface area contributed by atoms with Crippen molar-refractivity contribution in [2.24, 2.45) is 15.6 Å². The van der Waals surface area contributed by atoms with Gasteiger partial charge in [0.15, 0.2) is 11.1 Å². The maximum atomic E-state index is 13.9. The summed E-state index contributed by atoms with van der Waals surface area (Å²) in [4.78, 5) is 26.2. The average Bonchev–Trinajstić information content (AvgIpc) is 3.06. The fourth-order valence-electron chi connectivity index (χ4n) is 3.41. The number of alkyl halides is 3. The van der Waals surface area contributed by atoms with E-state index in [0.29, 0.717) is 18.5 Å². The summed E-state index contributed by atoms with van der Waals surface area (Å²) in [5.41, 5.74) is -2.60. The van der Waals surface area contributed by atoms with Gasteiger partial charge in [-0.3, -0.25) is 9.59 Å². The van der Waals surface area contributed by atoms with Gasteiger partial charge in [-0.05, 0) is 24.9 Å². The molecule has 2 amide bonds. The van der Waals surface area contributed by atoms with Gasteiger partial charge in [-0.15, -0.1) is 12.3 Å². The number of rotatable bonds is 7. The molecule has 1 N–H and O–H groups in total. The Morgan fingerprint density at radius 3 is 2.66 bits per heavy atom. The molecule has 29 heavy (non-hydrogen) atoms. The van der Waals surface area contributed by atoms with Crippen LogP contribution in [-0.2, 0) is 4.79 Å². The number of nitrogens with zero attached hydrogens (tertiary/aromatic N) is 4. The van der Waals surface area contributed by atoms with E-state index in [-0.39, 0.29) is 25.1 Å². The van der Waals surface area contributed by atoms with Gasteiger partial charge in [0.25, 0.3) is 5.91 Å². The number of carbonyl (C=O) groups excluding carboxylic acids is 2. The Hall–Kier alpha value is -2.48. The normalized spacial score (nSPS) is 22.4. The van der Waals surface area contributed by atoms with Gasteiger partial charge in [0, 0.05) is 44.3 Å². The van der Waals surface area contributed by atoms with Crippen molar-refractivity contribution < 1.29 is 22.8 Å². The third kappa shape index (κ3) is 4.12. The summed E-state index contributed by atoms with van der Waals surface area (Å²) in [6.07, 6.45) is 1.17. The first-order chi connectivity index (χ1) is 13.6. The largest absolute Gasteiger partial charge is 0.404 e. The molecule has 1 aromatic rings. The molecular formula is C18H20F3N5O2S. The zero-order valence-corrected chi connectivity index (χ0v) is 16.6. The number of aryl methyl sites for hydroxylation is 1. The lowest BCUT2D eigenvalue weighted by Gasteiger charge is -2.30. The molecule has 0 saturated carbocycles. The number of hydrogen-bond donors (Lipinski definition) is 1. The van der Waals surface area contributed by atoms with Crippen LogP contribution in [0.3, 0.4) is 0 Å². The quantitative estimate of drug-likeness (QED) is 0.679. The number of nitrogens with one attached hydrogen (secondary N) is 1. The average molecular weight is 427 g/mol. The van der Waals surface area contributed by atoms with Gasteiger partial charge in [0.1, 0.15) is 0 Å². The highest BCUT2D eigenvalue weighted by atomic mass is 32.1. The van der Waals surface area contributed by atoms with Gasteiger partial charge >= 0.3 is 6.18 Å². The molecule has 1 fully saturated rings. The van der Waals surface area contributed by atoms with Crippen molar-refractivity contribution in [1.82, 2.24) is 14.6 Å². The molecule has 11 heteroatoms. The van der Waals surface area contributed by atoms with Gasteiger partial charge in [-0.25, -0.2) is 0 Å². The Labute approximate surface area is 169 Å². The first kappa shape index (κ1) is 21.2. The maximum absolute atomic E-state index is 13.9. The van der Waals surface area contributed by atoms with Crippen LogP contribution < -0.4 is 5.32 Å². The number of aromatic nitrogens is 1. The Balaban J connectivity index is 1.65. The second-order valence-corrected chi connectivity index (χ2v) is 7.89. The molecule has 0 aliphatic carbocycles. The van der Waals surface area contributed by atoms with Crippen LogP contribution in [0.5, 0.6) is 0 Å². The summed E-state index contributed by atoms with van der Waals surface area (Å²) >= 11 is 1.06. The highest BCUT2D eigenvalue weighted by molar-refractivity contribution is 7.03. The molecule has 156 valence electrons. The van der Waals surface area contributed by atoms with Crippen LogP contribution in [0.1, 0.15) is 41.7 Å². The number of carbonyl (C=O) groups is 2. The first-order valence-corrected chi connectivity index (χ1v) is 9.91. The molecule has 0 aromatic carbocycles. The molecule has 1 aromatic heterocycles. The second-order valence-electron chi connectivity index (χ2n) is 7.26. The molecule has 0 radical (unpaired) electrons. The fraction of sp³-hybridized carbons (Fsp3) is 0.611. The molecule has 3 rings (SSSR count). The molecule has 0 spiro atoms. The highest BCUT2D eigenvalue weighted by Crippen LogP contribution is 2.46. The van der Waals surface area contributed by atoms with Crippen LogP contribution in [0.25, 0.3) is 0 Å². The number of halogens is 3. The van der Waals surface area contributed by atoms with E-state index in [4.69, 9.17) is 6.42 Å². The summed E-state index contributed by atoms with van der Waals surface area (Å²) < 4.78 is 45.7. The van der Waals surface area contributed by atoms with Crippen molar-refractivity contribution in [2.45, 2.75) is 44.4 Å². The van der Waals surface area contributed by atoms with Gasteiger partial charge in [0.05, 0.1) is 11.3 Å². The number of hydrogen-bond acceptors (Lipinski definition) is 6. The lowest BCUT2D eigenvalue weighted by Crippen LogP contribution is -2.53. The van der Waals surface area contributed by atoms with Crippen molar-refractivity contribution >= 4 is 23.3 Å². The van der Waals surface area contributed by atoms with Crippen molar-refractivity contribution in [1.29, 1.82) is 0 Å². The second kappa shape index (κ2) is 7.74. The molecule has 0 bridgehead atoms. The zero-order valence-electron chi connectivity index (χ0n) is 15.8. The minimum Gasteiger partial charge on any atom is -0.355 e. The SMILES string of the molecule is C#CCCC1(CCNC(=O)C2(C(F)(F)F)CCN(C(=O)c3csnc3C)C2)N=N1. The van der Waals surface area contributed by atoms with E-state index in [0.717, 1.165) is 16.4 Å². The first-order valence-electron chi connectivity index (χ1n) is 9.07. The third-order valence-corrected chi connectivity index (χ3v) is 6.10. The monoisotopic (exact) mass is 427 g/mol. The number of likely N-dealkylation sites (tertiary alicyclic amines) is 1. The van der Waals surface area contributed by atoms with Crippen molar-refractivity contribution in [3.63, 3.8) is 0 Å². The zero-order chi connectivity index (χ0) is 21.3. The summed E-state index contributed by atoms with van der Waals surface area (Å²) in [6.45, 7) is 0.745. The molecule has 1 atom stereocenters. The van der Waals surface area contributed by atoms with E-state index in [1.54, 1.807) is 6.92 Å². The number of amides is 2. The summed E-state index contributed by atoms with van der Waals surface area (Å²) in [7, 11) is 0. The molecule has 1 unspecified atom stereocenters.